The number of morpholine rings is 1. The highest BCUT2D eigenvalue weighted by molar-refractivity contribution is 7.19. The molecule has 0 saturated carbocycles. The van der Waals surface area contributed by atoms with E-state index >= 15 is 0 Å². The number of ether oxygens (including phenoxy) is 1. The Morgan fingerprint density at radius 2 is 1.77 bits per heavy atom. The Morgan fingerprint density at radius 1 is 1.03 bits per heavy atom. The first-order valence-corrected chi connectivity index (χ1v) is 11.0. The maximum absolute atomic E-state index is 5.43. The molecule has 0 unspecified atom stereocenters. The molecule has 1 aliphatic heterocycles. The lowest BCUT2D eigenvalue weighted by Gasteiger charge is -2.28. The summed E-state index contributed by atoms with van der Waals surface area (Å²) in [5.41, 5.74) is 3.96. The van der Waals surface area contributed by atoms with Crippen LogP contribution in [0.2, 0.25) is 0 Å². The van der Waals surface area contributed by atoms with Gasteiger partial charge in [0, 0.05) is 36.2 Å². The standard InChI is InChI=1S/C22H28N6OS/c1-15-19(30-21(24-15)27-22(2,3)4)18-9-10-23-20(26-18)25-16-5-7-17(8-6-16)28-11-13-29-14-12-28/h5-10H,11-14H2,1-4H3,(H,24,27)(H,23,25,26). The van der Waals surface area contributed by atoms with Gasteiger partial charge in [-0.25, -0.2) is 15.0 Å². The fraction of sp³-hybridized carbons (Fsp3) is 0.409. The molecule has 2 N–H and O–H groups in total. The number of thiazole rings is 1. The van der Waals surface area contributed by atoms with Gasteiger partial charge in [0.05, 0.1) is 29.5 Å². The van der Waals surface area contributed by atoms with E-state index in [1.807, 2.05) is 13.0 Å². The predicted octanol–water partition coefficient (Wildman–Crippen LogP) is 4.70. The number of aromatic nitrogens is 3. The molecule has 4 rings (SSSR count). The maximum atomic E-state index is 5.43. The number of rotatable bonds is 5. The van der Waals surface area contributed by atoms with Crippen LogP contribution in [0.3, 0.4) is 0 Å². The highest BCUT2D eigenvalue weighted by Crippen LogP contribution is 2.33. The minimum atomic E-state index is -0.0344. The van der Waals surface area contributed by atoms with Crippen molar-refractivity contribution in [2.75, 3.05) is 41.8 Å². The minimum absolute atomic E-state index is 0.0344. The number of hydrogen-bond donors (Lipinski definition) is 2. The number of benzene rings is 1. The van der Waals surface area contributed by atoms with E-state index in [1.165, 1.54) is 5.69 Å². The van der Waals surface area contributed by atoms with Crippen molar-refractivity contribution >= 4 is 33.8 Å². The monoisotopic (exact) mass is 424 g/mol. The summed E-state index contributed by atoms with van der Waals surface area (Å²) in [4.78, 5) is 17.1. The summed E-state index contributed by atoms with van der Waals surface area (Å²) in [6, 6.07) is 10.3. The Bertz CT molecular complexity index is 990. The van der Waals surface area contributed by atoms with Gasteiger partial charge in [-0.1, -0.05) is 11.3 Å². The van der Waals surface area contributed by atoms with Crippen LogP contribution in [0.5, 0.6) is 0 Å². The second-order valence-corrected chi connectivity index (χ2v) is 9.34. The molecule has 158 valence electrons. The Kier molecular flexibility index (Phi) is 5.87. The Balaban J connectivity index is 1.49. The predicted molar refractivity (Wildman–Crippen MR) is 124 cm³/mol. The summed E-state index contributed by atoms with van der Waals surface area (Å²) >= 11 is 1.62. The number of hydrogen-bond acceptors (Lipinski definition) is 8. The lowest BCUT2D eigenvalue weighted by molar-refractivity contribution is 0.122. The maximum Gasteiger partial charge on any atom is 0.227 e. The van der Waals surface area contributed by atoms with Gasteiger partial charge >= 0.3 is 0 Å². The van der Waals surface area contributed by atoms with Gasteiger partial charge in [0.15, 0.2) is 5.13 Å². The molecule has 0 radical (unpaired) electrons. The Hall–Kier alpha value is -2.71. The normalized spacial score (nSPS) is 14.6. The van der Waals surface area contributed by atoms with Gasteiger partial charge in [0.1, 0.15) is 0 Å². The van der Waals surface area contributed by atoms with Gasteiger partial charge in [0.25, 0.3) is 0 Å². The van der Waals surface area contributed by atoms with Gasteiger partial charge < -0.3 is 20.3 Å². The molecule has 0 spiro atoms. The van der Waals surface area contributed by atoms with Crippen LogP contribution >= 0.6 is 11.3 Å². The van der Waals surface area contributed by atoms with Crippen LogP contribution in [0.4, 0.5) is 22.5 Å². The minimum Gasteiger partial charge on any atom is -0.378 e. The molecule has 0 amide bonds. The lowest BCUT2D eigenvalue weighted by atomic mass is 10.1. The van der Waals surface area contributed by atoms with Crippen LogP contribution in [-0.4, -0.2) is 46.8 Å². The second-order valence-electron chi connectivity index (χ2n) is 8.35. The topological polar surface area (TPSA) is 75.2 Å². The number of anilines is 4. The van der Waals surface area contributed by atoms with Crippen molar-refractivity contribution in [1.29, 1.82) is 0 Å². The molecule has 0 aliphatic carbocycles. The third-order valence-electron chi connectivity index (χ3n) is 4.67. The van der Waals surface area contributed by atoms with Crippen LogP contribution in [0.15, 0.2) is 36.5 Å². The first-order valence-electron chi connectivity index (χ1n) is 10.2. The van der Waals surface area contributed by atoms with Gasteiger partial charge in [0.2, 0.25) is 5.95 Å². The van der Waals surface area contributed by atoms with Crippen LogP contribution in [0.25, 0.3) is 10.6 Å². The van der Waals surface area contributed by atoms with E-state index in [0.29, 0.717) is 5.95 Å². The van der Waals surface area contributed by atoms with Crippen LogP contribution < -0.4 is 15.5 Å². The van der Waals surface area contributed by atoms with Crippen molar-refractivity contribution in [3.63, 3.8) is 0 Å². The largest absolute Gasteiger partial charge is 0.378 e. The first kappa shape index (κ1) is 20.6. The van der Waals surface area contributed by atoms with Crippen molar-refractivity contribution in [1.82, 2.24) is 15.0 Å². The Labute approximate surface area is 181 Å². The van der Waals surface area contributed by atoms with Gasteiger partial charge in [-0.05, 0) is 58.0 Å². The second kappa shape index (κ2) is 8.57. The van der Waals surface area contributed by atoms with Crippen molar-refractivity contribution in [3.05, 3.63) is 42.2 Å². The summed E-state index contributed by atoms with van der Waals surface area (Å²) < 4.78 is 5.43. The highest BCUT2D eigenvalue weighted by atomic mass is 32.1. The zero-order valence-corrected chi connectivity index (χ0v) is 18.7. The average Bonchev–Trinajstić information content (AvgIpc) is 3.08. The lowest BCUT2D eigenvalue weighted by Crippen LogP contribution is -2.36. The molecule has 30 heavy (non-hydrogen) atoms. The summed E-state index contributed by atoms with van der Waals surface area (Å²) in [6.07, 6.45) is 1.78. The van der Waals surface area contributed by atoms with Crippen molar-refractivity contribution in [2.24, 2.45) is 0 Å². The summed E-state index contributed by atoms with van der Waals surface area (Å²) in [5, 5.41) is 7.65. The SMILES string of the molecule is Cc1nc(NC(C)(C)C)sc1-c1ccnc(Nc2ccc(N3CCOCC3)cc2)n1. The van der Waals surface area contributed by atoms with E-state index < -0.39 is 0 Å². The van der Waals surface area contributed by atoms with Gasteiger partial charge in [-0.3, -0.25) is 0 Å². The Morgan fingerprint density at radius 3 is 2.47 bits per heavy atom. The molecule has 0 bridgehead atoms. The van der Waals surface area contributed by atoms with Crippen molar-refractivity contribution in [2.45, 2.75) is 33.2 Å². The number of aryl methyl sites for hydroxylation is 1. The van der Waals surface area contributed by atoms with E-state index in [0.717, 1.165) is 53.4 Å². The summed E-state index contributed by atoms with van der Waals surface area (Å²) in [6.45, 7) is 11.8. The van der Waals surface area contributed by atoms with E-state index in [4.69, 9.17) is 9.72 Å². The fourth-order valence-electron chi connectivity index (χ4n) is 3.26. The molecular formula is C22H28N6OS. The third kappa shape index (κ3) is 5.06. The summed E-state index contributed by atoms with van der Waals surface area (Å²) in [5.74, 6) is 0.574. The molecule has 1 saturated heterocycles. The quantitative estimate of drug-likeness (QED) is 0.615. The van der Waals surface area contributed by atoms with Crippen LogP contribution in [-0.2, 0) is 4.74 Å². The summed E-state index contributed by atoms with van der Waals surface area (Å²) in [7, 11) is 0. The van der Waals surface area contributed by atoms with Crippen LogP contribution in [0.1, 0.15) is 26.5 Å². The molecule has 3 heterocycles. The molecular weight excluding hydrogens is 396 g/mol. The van der Waals surface area contributed by atoms with Gasteiger partial charge in [-0.15, -0.1) is 0 Å². The van der Waals surface area contributed by atoms with E-state index in [-0.39, 0.29) is 5.54 Å². The zero-order valence-electron chi connectivity index (χ0n) is 17.9. The van der Waals surface area contributed by atoms with Crippen molar-refractivity contribution < 1.29 is 4.74 Å². The average molecular weight is 425 g/mol. The molecule has 0 atom stereocenters. The molecule has 8 heteroatoms. The molecule has 1 fully saturated rings. The highest BCUT2D eigenvalue weighted by Gasteiger charge is 2.16. The smallest absolute Gasteiger partial charge is 0.227 e. The zero-order chi connectivity index (χ0) is 21.1. The van der Waals surface area contributed by atoms with E-state index in [2.05, 4.69) is 70.5 Å². The van der Waals surface area contributed by atoms with E-state index in [9.17, 15) is 0 Å². The number of nitrogens with one attached hydrogen (secondary N) is 2. The van der Waals surface area contributed by atoms with Gasteiger partial charge in [-0.2, -0.15) is 0 Å². The molecule has 2 aromatic heterocycles. The molecule has 7 nitrogen and oxygen atoms in total. The molecule has 1 aromatic carbocycles. The first-order chi connectivity index (χ1) is 14.4. The fourth-order valence-corrected chi connectivity index (χ4v) is 4.40. The third-order valence-corrected chi connectivity index (χ3v) is 5.76. The van der Waals surface area contributed by atoms with Crippen LogP contribution in [0, 0.1) is 6.92 Å². The number of nitrogens with zero attached hydrogens (tertiary/aromatic N) is 4. The van der Waals surface area contributed by atoms with Crippen molar-refractivity contribution in [3.8, 4) is 10.6 Å². The molecule has 3 aromatic rings. The molecule has 1 aliphatic rings. The van der Waals surface area contributed by atoms with E-state index in [1.54, 1.807) is 17.5 Å².